The largest absolute Gasteiger partial charge is 0.466 e. The number of non-ortho nitro benzene ring substituents is 1. The molecule has 10 nitrogen and oxygen atoms in total. The van der Waals surface area contributed by atoms with Gasteiger partial charge in [-0.05, 0) is 38.0 Å². The Kier molecular flexibility index (Phi) is 4.58. The molecule has 1 aromatic heterocycles. The zero-order valence-corrected chi connectivity index (χ0v) is 17.3. The first-order valence-corrected chi connectivity index (χ1v) is 10.4. The summed E-state index contributed by atoms with van der Waals surface area (Å²) < 4.78 is 5.82. The number of imidazole rings is 1. The Labute approximate surface area is 182 Å². The number of nitrogens with one attached hydrogen (secondary N) is 2. The number of ether oxygens (including phenoxy) is 1. The highest BCUT2D eigenvalue weighted by atomic mass is 16.6. The lowest BCUT2D eigenvalue weighted by Crippen LogP contribution is -2.60. The number of benzene rings is 2. The monoisotopic (exact) mass is 435 g/mol. The fourth-order valence-electron chi connectivity index (χ4n) is 4.32. The average molecular weight is 435 g/mol. The molecule has 0 bridgehead atoms. The smallest absolute Gasteiger partial charge is 0.278 e. The van der Waals surface area contributed by atoms with E-state index in [9.17, 15) is 19.7 Å². The number of rotatable bonds is 3. The van der Waals surface area contributed by atoms with Crippen molar-refractivity contribution in [2.75, 3.05) is 18.4 Å². The number of likely N-dealkylation sites (tertiary alicyclic amines) is 1. The van der Waals surface area contributed by atoms with Gasteiger partial charge in [0, 0.05) is 31.1 Å². The normalized spacial score (nSPS) is 22.7. The number of aromatic amines is 1. The van der Waals surface area contributed by atoms with Gasteiger partial charge in [-0.15, -0.1) is 0 Å². The summed E-state index contributed by atoms with van der Waals surface area (Å²) >= 11 is 0. The summed E-state index contributed by atoms with van der Waals surface area (Å²) in [5.74, 6) is -0.0381. The Morgan fingerprint density at radius 1 is 1.31 bits per heavy atom. The Bertz CT molecular complexity index is 1220. The van der Waals surface area contributed by atoms with Crippen LogP contribution in [0.25, 0.3) is 11.0 Å². The first-order chi connectivity index (χ1) is 15.3. The maximum Gasteiger partial charge on any atom is 0.278 e. The Balaban J connectivity index is 1.38. The number of anilines is 1. The lowest BCUT2D eigenvalue weighted by Gasteiger charge is -2.39. The van der Waals surface area contributed by atoms with E-state index in [0.29, 0.717) is 13.1 Å². The van der Waals surface area contributed by atoms with Crippen molar-refractivity contribution in [3.05, 3.63) is 58.4 Å². The molecule has 0 aliphatic carbocycles. The third-order valence-corrected chi connectivity index (χ3v) is 6.08. The molecule has 32 heavy (non-hydrogen) atoms. The second kappa shape index (κ2) is 7.33. The Morgan fingerprint density at radius 2 is 2.12 bits per heavy atom. The van der Waals surface area contributed by atoms with Crippen molar-refractivity contribution < 1.29 is 19.2 Å². The van der Waals surface area contributed by atoms with E-state index in [1.54, 1.807) is 4.90 Å². The molecule has 164 valence electrons. The molecule has 3 aromatic rings. The number of nitro benzene ring substituents is 1. The van der Waals surface area contributed by atoms with Crippen LogP contribution >= 0.6 is 0 Å². The van der Waals surface area contributed by atoms with Crippen LogP contribution in [0.5, 0.6) is 5.75 Å². The van der Waals surface area contributed by atoms with Crippen LogP contribution in [0.1, 0.15) is 31.5 Å². The number of H-pyrrole nitrogens is 1. The second-order valence-corrected chi connectivity index (χ2v) is 8.26. The molecular weight excluding hydrogens is 414 g/mol. The zero-order chi connectivity index (χ0) is 22.5. The van der Waals surface area contributed by atoms with Crippen LogP contribution in [-0.4, -0.2) is 50.3 Å². The van der Waals surface area contributed by atoms with Gasteiger partial charge in [0.15, 0.2) is 0 Å². The van der Waals surface area contributed by atoms with E-state index in [1.807, 2.05) is 24.3 Å². The lowest BCUT2D eigenvalue weighted by molar-refractivity contribution is -0.384. The average Bonchev–Trinajstić information content (AvgIpc) is 3.23. The van der Waals surface area contributed by atoms with Crippen molar-refractivity contribution in [3.63, 3.8) is 0 Å². The maximum absolute atomic E-state index is 13.4. The summed E-state index contributed by atoms with van der Waals surface area (Å²) in [7, 11) is 0. The number of hydrogen-bond acceptors (Lipinski definition) is 6. The van der Waals surface area contributed by atoms with Gasteiger partial charge in [0.05, 0.1) is 21.6 Å². The number of nitrogens with zero attached hydrogens (tertiary/aromatic N) is 3. The number of amides is 2. The summed E-state index contributed by atoms with van der Waals surface area (Å²) in [5, 5.41) is 13.6. The van der Waals surface area contributed by atoms with Gasteiger partial charge < -0.3 is 19.9 Å². The highest BCUT2D eigenvalue weighted by Crippen LogP contribution is 2.38. The second-order valence-electron chi connectivity index (χ2n) is 8.26. The van der Waals surface area contributed by atoms with Crippen LogP contribution in [0.4, 0.5) is 11.4 Å². The van der Waals surface area contributed by atoms with Crippen molar-refractivity contribution in [3.8, 4) is 5.75 Å². The predicted molar refractivity (Wildman–Crippen MR) is 115 cm³/mol. The van der Waals surface area contributed by atoms with E-state index in [2.05, 4.69) is 15.3 Å². The maximum atomic E-state index is 13.4. The van der Waals surface area contributed by atoms with Crippen molar-refractivity contribution in [2.24, 2.45) is 0 Å². The van der Waals surface area contributed by atoms with Gasteiger partial charge in [0.2, 0.25) is 0 Å². The zero-order valence-electron chi connectivity index (χ0n) is 17.3. The molecule has 0 radical (unpaired) electrons. The van der Waals surface area contributed by atoms with E-state index >= 15 is 0 Å². The van der Waals surface area contributed by atoms with Crippen LogP contribution < -0.4 is 10.1 Å². The standard InChI is InChI=1S/C22H21N5O5/c1-22(20(28)25-17-11-14(27(30)31)8-9-18(17)32-22)21(29)26-10-4-5-13(12-26)19-23-15-6-2-3-7-16(15)24-19/h2-3,6-9,11,13H,4-5,10,12H2,1H3,(H,23,24)(H,25,28). The fourth-order valence-corrected chi connectivity index (χ4v) is 4.32. The van der Waals surface area contributed by atoms with Gasteiger partial charge in [-0.25, -0.2) is 4.98 Å². The summed E-state index contributed by atoms with van der Waals surface area (Å²) in [4.78, 5) is 46.3. The molecule has 10 heteroatoms. The highest BCUT2D eigenvalue weighted by molar-refractivity contribution is 6.15. The molecule has 3 heterocycles. The van der Waals surface area contributed by atoms with Gasteiger partial charge in [-0.3, -0.25) is 19.7 Å². The molecule has 2 aliphatic heterocycles. The molecule has 0 spiro atoms. The summed E-state index contributed by atoms with van der Waals surface area (Å²) in [6, 6.07) is 11.6. The molecule has 2 amide bonds. The quantitative estimate of drug-likeness (QED) is 0.369. The third-order valence-electron chi connectivity index (χ3n) is 6.08. The molecule has 2 aromatic carbocycles. The summed E-state index contributed by atoms with van der Waals surface area (Å²) in [6.07, 6.45) is 1.65. The van der Waals surface area contributed by atoms with Crippen molar-refractivity contribution in [1.82, 2.24) is 14.9 Å². The number of carbonyl (C=O) groups excluding carboxylic acids is 2. The van der Waals surface area contributed by atoms with Crippen molar-refractivity contribution in [1.29, 1.82) is 0 Å². The molecule has 2 N–H and O–H groups in total. The van der Waals surface area contributed by atoms with Crippen molar-refractivity contribution >= 4 is 34.2 Å². The van der Waals surface area contributed by atoms with Crippen LogP contribution in [0.2, 0.25) is 0 Å². The van der Waals surface area contributed by atoms with Crippen molar-refractivity contribution in [2.45, 2.75) is 31.3 Å². The molecule has 2 atom stereocenters. The van der Waals surface area contributed by atoms with Crippen LogP contribution in [0.15, 0.2) is 42.5 Å². The third kappa shape index (κ3) is 3.24. The van der Waals surface area contributed by atoms with E-state index in [0.717, 1.165) is 29.7 Å². The number of carbonyl (C=O) groups is 2. The van der Waals surface area contributed by atoms with E-state index in [1.165, 1.54) is 25.1 Å². The first-order valence-electron chi connectivity index (χ1n) is 10.4. The minimum absolute atomic E-state index is 0.0188. The number of nitro groups is 1. The molecule has 5 rings (SSSR count). The van der Waals surface area contributed by atoms with Gasteiger partial charge in [-0.1, -0.05) is 12.1 Å². The Morgan fingerprint density at radius 3 is 2.91 bits per heavy atom. The van der Waals surface area contributed by atoms with Crippen LogP contribution in [0.3, 0.4) is 0 Å². The molecular formula is C22H21N5O5. The highest BCUT2D eigenvalue weighted by Gasteiger charge is 2.50. The van der Waals surface area contributed by atoms with Gasteiger partial charge in [-0.2, -0.15) is 0 Å². The van der Waals surface area contributed by atoms with Crippen LogP contribution in [-0.2, 0) is 9.59 Å². The van der Waals surface area contributed by atoms with Gasteiger partial charge >= 0.3 is 0 Å². The molecule has 2 aliphatic rings. The van der Waals surface area contributed by atoms with E-state index in [4.69, 9.17) is 4.74 Å². The summed E-state index contributed by atoms with van der Waals surface area (Å²) in [6.45, 7) is 2.35. The minimum atomic E-state index is -1.76. The number of aromatic nitrogens is 2. The number of piperidine rings is 1. The molecule has 1 saturated heterocycles. The molecule has 2 unspecified atom stereocenters. The van der Waals surface area contributed by atoms with Crippen LogP contribution in [0, 0.1) is 10.1 Å². The number of para-hydroxylation sites is 2. The molecule has 1 fully saturated rings. The number of hydrogen-bond donors (Lipinski definition) is 2. The fraction of sp³-hybridized carbons (Fsp3) is 0.318. The topological polar surface area (TPSA) is 130 Å². The van der Waals surface area contributed by atoms with Gasteiger partial charge in [0.1, 0.15) is 11.6 Å². The predicted octanol–water partition coefficient (Wildman–Crippen LogP) is 2.97. The number of fused-ring (bicyclic) bond motifs is 2. The minimum Gasteiger partial charge on any atom is -0.466 e. The first kappa shape index (κ1) is 20.0. The lowest BCUT2D eigenvalue weighted by atomic mass is 9.94. The summed E-state index contributed by atoms with van der Waals surface area (Å²) in [5.41, 5.74) is 0.0524. The Hall–Kier alpha value is -3.95. The van der Waals surface area contributed by atoms with E-state index in [-0.39, 0.29) is 23.0 Å². The van der Waals surface area contributed by atoms with Gasteiger partial charge in [0.25, 0.3) is 23.1 Å². The SMILES string of the molecule is CC1(C(=O)N2CCCC(c3nc4ccccc4[nH]3)C2)Oc2ccc([N+](=O)[O-])cc2NC1=O. The molecule has 0 saturated carbocycles. The van der Waals surface area contributed by atoms with E-state index < -0.39 is 22.3 Å².